The Balaban J connectivity index is 1.67. The lowest BCUT2D eigenvalue weighted by molar-refractivity contribution is 0.280. The summed E-state index contributed by atoms with van der Waals surface area (Å²) in [7, 11) is -2.10. The summed E-state index contributed by atoms with van der Waals surface area (Å²) in [5.41, 5.74) is 2.67. The highest BCUT2D eigenvalue weighted by Crippen LogP contribution is 2.25. The summed E-state index contributed by atoms with van der Waals surface area (Å²) < 4.78 is 31.3. The first-order chi connectivity index (χ1) is 13.4. The van der Waals surface area contributed by atoms with Gasteiger partial charge in [-0.2, -0.15) is 10.2 Å². The maximum Gasteiger partial charge on any atom is 0.265 e. The maximum absolute atomic E-state index is 12.8. The van der Waals surface area contributed by atoms with Crippen molar-refractivity contribution < 1.29 is 13.5 Å². The molecule has 0 fully saturated rings. The van der Waals surface area contributed by atoms with Crippen molar-refractivity contribution in [3.8, 4) is 5.82 Å². The number of anilines is 1. The van der Waals surface area contributed by atoms with Crippen molar-refractivity contribution >= 4 is 26.6 Å². The highest BCUT2D eigenvalue weighted by atomic mass is 32.2. The minimum absolute atomic E-state index is 0.0114. The van der Waals surface area contributed by atoms with Crippen LogP contribution in [0.4, 0.5) is 5.69 Å². The molecule has 0 aliphatic heterocycles. The lowest BCUT2D eigenvalue weighted by atomic mass is 10.2. The van der Waals surface area contributed by atoms with Crippen LogP contribution in [-0.4, -0.2) is 38.1 Å². The second-order valence-electron chi connectivity index (χ2n) is 6.36. The zero-order valence-corrected chi connectivity index (χ0v) is 16.1. The lowest BCUT2D eigenvalue weighted by Crippen LogP contribution is -2.13. The first-order valence-corrected chi connectivity index (χ1v) is 9.92. The van der Waals surface area contributed by atoms with Gasteiger partial charge in [0, 0.05) is 18.6 Å². The number of sulfonamides is 1. The molecule has 0 aliphatic rings. The molecular formula is C18H18N6O3S. The molecule has 0 bridgehead atoms. The average Bonchev–Trinajstić information content (AvgIpc) is 3.30. The van der Waals surface area contributed by atoms with E-state index in [2.05, 4.69) is 19.9 Å². The SMILES string of the molecule is Cc1cc(-n2cc(S(=O)(=O)Nc3cccc4cnn(C)c34)cn2)ncc1CO. The minimum atomic E-state index is -3.85. The summed E-state index contributed by atoms with van der Waals surface area (Å²) in [6.45, 7) is 1.73. The van der Waals surface area contributed by atoms with Crippen molar-refractivity contribution in [1.82, 2.24) is 24.5 Å². The molecule has 4 rings (SSSR count). The van der Waals surface area contributed by atoms with Gasteiger partial charge in [0.25, 0.3) is 10.0 Å². The van der Waals surface area contributed by atoms with Crippen LogP contribution in [0, 0.1) is 6.92 Å². The molecule has 0 radical (unpaired) electrons. The van der Waals surface area contributed by atoms with E-state index < -0.39 is 10.0 Å². The van der Waals surface area contributed by atoms with Crippen molar-refractivity contribution in [3.05, 3.63) is 60.2 Å². The number of benzene rings is 1. The van der Waals surface area contributed by atoms with Crippen LogP contribution in [0.25, 0.3) is 16.7 Å². The molecule has 144 valence electrons. The van der Waals surface area contributed by atoms with Crippen LogP contribution >= 0.6 is 0 Å². The number of hydrogen-bond donors (Lipinski definition) is 2. The van der Waals surface area contributed by atoms with Crippen LogP contribution in [0.2, 0.25) is 0 Å². The van der Waals surface area contributed by atoms with Crippen LogP contribution < -0.4 is 4.72 Å². The quantitative estimate of drug-likeness (QED) is 0.529. The molecule has 0 aliphatic carbocycles. The van der Waals surface area contributed by atoms with Gasteiger partial charge in [0.1, 0.15) is 4.90 Å². The van der Waals surface area contributed by atoms with Crippen molar-refractivity contribution in [2.24, 2.45) is 7.05 Å². The second kappa shape index (κ2) is 6.73. The fraction of sp³-hybridized carbons (Fsp3) is 0.167. The molecule has 28 heavy (non-hydrogen) atoms. The van der Waals surface area contributed by atoms with Gasteiger partial charge in [-0.3, -0.25) is 9.40 Å². The first kappa shape index (κ1) is 18.1. The van der Waals surface area contributed by atoms with Gasteiger partial charge >= 0.3 is 0 Å². The van der Waals surface area contributed by atoms with E-state index in [0.717, 1.165) is 10.9 Å². The van der Waals surface area contributed by atoms with E-state index in [4.69, 9.17) is 0 Å². The van der Waals surface area contributed by atoms with Crippen LogP contribution in [-0.2, 0) is 23.7 Å². The molecule has 0 unspecified atom stereocenters. The average molecular weight is 398 g/mol. The van der Waals surface area contributed by atoms with Gasteiger partial charge in [-0.05, 0) is 30.2 Å². The van der Waals surface area contributed by atoms with E-state index in [-0.39, 0.29) is 11.5 Å². The van der Waals surface area contributed by atoms with Crippen LogP contribution in [0.15, 0.2) is 53.9 Å². The van der Waals surface area contributed by atoms with Crippen molar-refractivity contribution in [2.75, 3.05) is 4.72 Å². The number of pyridine rings is 1. The van der Waals surface area contributed by atoms with Crippen LogP contribution in [0.3, 0.4) is 0 Å². The number of rotatable bonds is 5. The Morgan fingerprint density at radius 3 is 2.75 bits per heavy atom. The number of nitrogens with zero attached hydrogens (tertiary/aromatic N) is 5. The molecule has 3 heterocycles. The molecule has 4 aromatic rings. The zero-order chi connectivity index (χ0) is 19.9. The smallest absolute Gasteiger partial charge is 0.265 e. The number of aryl methyl sites for hydroxylation is 2. The van der Waals surface area contributed by atoms with Gasteiger partial charge < -0.3 is 5.11 Å². The van der Waals surface area contributed by atoms with E-state index in [9.17, 15) is 13.5 Å². The first-order valence-electron chi connectivity index (χ1n) is 8.44. The summed E-state index contributed by atoms with van der Waals surface area (Å²) in [5, 5.41) is 18.4. The van der Waals surface area contributed by atoms with Gasteiger partial charge in [-0.25, -0.2) is 18.1 Å². The molecule has 2 N–H and O–H groups in total. The third-order valence-corrected chi connectivity index (χ3v) is 5.80. The number of fused-ring (bicyclic) bond motifs is 1. The molecule has 0 saturated carbocycles. The molecule has 0 amide bonds. The Labute approximate surface area is 161 Å². The topological polar surface area (TPSA) is 115 Å². The van der Waals surface area contributed by atoms with E-state index in [1.165, 1.54) is 17.1 Å². The molecule has 9 nitrogen and oxygen atoms in total. The normalized spacial score (nSPS) is 11.8. The highest BCUT2D eigenvalue weighted by Gasteiger charge is 2.19. The van der Waals surface area contributed by atoms with Crippen molar-refractivity contribution in [3.63, 3.8) is 0 Å². The van der Waals surface area contributed by atoms with Gasteiger partial charge in [0.05, 0.1) is 36.4 Å². The Morgan fingerprint density at radius 1 is 1.18 bits per heavy atom. The van der Waals surface area contributed by atoms with Crippen LogP contribution in [0.1, 0.15) is 11.1 Å². The monoisotopic (exact) mass is 398 g/mol. The van der Waals surface area contributed by atoms with E-state index in [1.54, 1.807) is 42.3 Å². The maximum atomic E-state index is 12.8. The predicted molar refractivity (Wildman–Crippen MR) is 104 cm³/mol. The molecule has 1 aromatic carbocycles. The summed E-state index contributed by atoms with van der Waals surface area (Å²) in [6.07, 6.45) is 5.88. The lowest BCUT2D eigenvalue weighted by Gasteiger charge is -2.08. The summed E-state index contributed by atoms with van der Waals surface area (Å²) in [4.78, 5) is 4.23. The van der Waals surface area contributed by atoms with Gasteiger partial charge in [0.2, 0.25) is 0 Å². The van der Waals surface area contributed by atoms with Crippen molar-refractivity contribution in [1.29, 1.82) is 0 Å². The second-order valence-corrected chi connectivity index (χ2v) is 8.05. The number of hydrogen-bond acceptors (Lipinski definition) is 6. The molecule has 0 spiro atoms. The number of nitrogens with one attached hydrogen (secondary N) is 1. The Hall–Kier alpha value is -3.24. The predicted octanol–water partition coefficient (Wildman–Crippen LogP) is 1.76. The standard InChI is InChI=1S/C18H18N6O3S/c1-12-6-17(19-7-14(12)11-25)24-10-15(9-21-24)28(26,27)22-16-5-3-4-13-8-20-23(2)18(13)16/h3-10,22,25H,11H2,1-2H3. The fourth-order valence-corrected chi connectivity index (χ4v) is 3.95. The zero-order valence-electron chi connectivity index (χ0n) is 15.2. The fourth-order valence-electron chi connectivity index (χ4n) is 2.95. The van der Waals surface area contributed by atoms with Gasteiger partial charge in [0.15, 0.2) is 5.82 Å². The molecule has 3 aromatic heterocycles. The van der Waals surface area contributed by atoms with Gasteiger partial charge in [-0.15, -0.1) is 0 Å². The Kier molecular flexibility index (Phi) is 4.36. The molecule has 0 atom stereocenters. The van der Waals surface area contributed by atoms with E-state index >= 15 is 0 Å². The van der Waals surface area contributed by atoms with Crippen LogP contribution in [0.5, 0.6) is 0 Å². The minimum Gasteiger partial charge on any atom is -0.392 e. The molecule has 0 saturated heterocycles. The largest absolute Gasteiger partial charge is 0.392 e. The number of aromatic nitrogens is 5. The summed E-state index contributed by atoms with van der Waals surface area (Å²) in [5.74, 6) is 0.463. The van der Waals surface area contributed by atoms with Gasteiger partial charge in [-0.1, -0.05) is 12.1 Å². The summed E-state index contributed by atoms with van der Waals surface area (Å²) >= 11 is 0. The Bertz CT molecular complexity index is 1280. The van der Waals surface area contributed by atoms with E-state index in [0.29, 0.717) is 22.6 Å². The number of para-hydroxylation sites is 1. The third-order valence-electron chi connectivity index (χ3n) is 4.48. The third kappa shape index (κ3) is 3.12. The van der Waals surface area contributed by atoms with Crippen molar-refractivity contribution in [2.45, 2.75) is 18.4 Å². The number of aliphatic hydroxyl groups is 1. The Morgan fingerprint density at radius 2 is 2.00 bits per heavy atom. The summed E-state index contributed by atoms with van der Waals surface area (Å²) in [6, 6.07) is 7.05. The van der Waals surface area contributed by atoms with E-state index in [1.807, 2.05) is 13.0 Å². The highest BCUT2D eigenvalue weighted by molar-refractivity contribution is 7.92. The number of aliphatic hydroxyl groups excluding tert-OH is 1. The molecule has 10 heteroatoms. The molecular weight excluding hydrogens is 380 g/mol.